The minimum absolute atomic E-state index is 0.0437. The zero-order valence-electron chi connectivity index (χ0n) is 18.3. The number of aromatic nitrogens is 3. The quantitative estimate of drug-likeness (QED) is 0.537. The molecule has 176 valence electrons. The molecule has 0 amide bonds. The predicted molar refractivity (Wildman–Crippen MR) is 117 cm³/mol. The maximum absolute atomic E-state index is 14.5. The summed E-state index contributed by atoms with van der Waals surface area (Å²) in [6.45, 7) is 1.52. The number of pyridine rings is 1. The van der Waals surface area contributed by atoms with Gasteiger partial charge in [0.05, 0.1) is 22.7 Å². The number of alkyl halides is 2. The highest BCUT2D eigenvalue weighted by Gasteiger charge is 2.37. The van der Waals surface area contributed by atoms with Crippen LogP contribution in [0.15, 0.2) is 29.1 Å². The zero-order valence-corrected chi connectivity index (χ0v) is 18.3. The van der Waals surface area contributed by atoms with Gasteiger partial charge in [0.1, 0.15) is 23.1 Å². The molecule has 0 radical (unpaired) electrons. The van der Waals surface area contributed by atoms with Crippen molar-refractivity contribution < 1.29 is 23.4 Å². The number of anilines is 1. The summed E-state index contributed by atoms with van der Waals surface area (Å²) >= 11 is 0. The number of hydrogen-bond donors (Lipinski definition) is 3. The standard InChI is InChI=1S/C23H25F3N4O3/c1-12-28-20(27-11-13-4-3-5-15(18(13)24)19(25)26)16-10-17(22(32)30(2)21(16)29-12)23(33)8-6-14(31)7-9-23/h3-5,10,14,19,31,33H,6-9,11H2,1-2H3,(H,27,28,29). The van der Waals surface area contributed by atoms with Crippen LogP contribution in [0.1, 0.15) is 54.6 Å². The monoisotopic (exact) mass is 462 g/mol. The fourth-order valence-corrected chi connectivity index (χ4v) is 4.34. The Bertz CT molecular complexity index is 1250. The highest BCUT2D eigenvalue weighted by Crippen LogP contribution is 2.37. The van der Waals surface area contributed by atoms with Gasteiger partial charge in [-0.1, -0.05) is 18.2 Å². The first-order valence-corrected chi connectivity index (χ1v) is 10.7. The van der Waals surface area contributed by atoms with Gasteiger partial charge in [0.25, 0.3) is 12.0 Å². The van der Waals surface area contributed by atoms with Crippen LogP contribution in [0.4, 0.5) is 19.0 Å². The van der Waals surface area contributed by atoms with Gasteiger partial charge in [0.15, 0.2) is 0 Å². The molecule has 1 aliphatic rings. The molecule has 7 nitrogen and oxygen atoms in total. The maximum atomic E-state index is 14.5. The molecule has 0 unspecified atom stereocenters. The Labute approximate surface area is 187 Å². The van der Waals surface area contributed by atoms with Crippen LogP contribution >= 0.6 is 0 Å². The lowest BCUT2D eigenvalue weighted by Crippen LogP contribution is -2.39. The Morgan fingerprint density at radius 1 is 1.27 bits per heavy atom. The summed E-state index contributed by atoms with van der Waals surface area (Å²) in [4.78, 5) is 21.8. The molecule has 3 N–H and O–H groups in total. The lowest BCUT2D eigenvalue weighted by molar-refractivity contribution is -0.0371. The molecule has 0 aliphatic heterocycles. The highest BCUT2D eigenvalue weighted by atomic mass is 19.3. The van der Waals surface area contributed by atoms with Crippen LogP contribution in [-0.2, 0) is 19.2 Å². The van der Waals surface area contributed by atoms with E-state index in [0.29, 0.717) is 29.7 Å². The molecule has 1 aliphatic carbocycles. The van der Waals surface area contributed by atoms with Crippen molar-refractivity contribution in [1.29, 1.82) is 0 Å². The van der Waals surface area contributed by atoms with Gasteiger partial charge >= 0.3 is 0 Å². The fraction of sp³-hybridized carbons (Fsp3) is 0.435. The van der Waals surface area contributed by atoms with Crippen LogP contribution < -0.4 is 10.9 Å². The molecule has 33 heavy (non-hydrogen) atoms. The van der Waals surface area contributed by atoms with Gasteiger partial charge in [0.2, 0.25) is 0 Å². The molecule has 10 heteroatoms. The van der Waals surface area contributed by atoms with E-state index >= 15 is 0 Å². The minimum Gasteiger partial charge on any atom is -0.393 e. The number of aliphatic hydroxyl groups is 2. The summed E-state index contributed by atoms with van der Waals surface area (Å²) in [6, 6.07) is 5.34. The molecule has 2 heterocycles. The molecule has 1 fully saturated rings. The predicted octanol–water partition coefficient (Wildman–Crippen LogP) is 3.45. The van der Waals surface area contributed by atoms with Gasteiger partial charge in [-0.15, -0.1) is 0 Å². The molecule has 0 spiro atoms. The molecule has 1 aromatic carbocycles. The van der Waals surface area contributed by atoms with E-state index < -0.39 is 35.1 Å². The molecule has 0 atom stereocenters. The average molecular weight is 462 g/mol. The van der Waals surface area contributed by atoms with Crippen molar-refractivity contribution in [1.82, 2.24) is 14.5 Å². The number of aliphatic hydroxyl groups excluding tert-OH is 1. The number of nitrogens with zero attached hydrogens (tertiary/aromatic N) is 3. The number of benzene rings is 1. The smallest absolute Gasteiger partial charge is 0.266 e. The summed E-state index contributed by atoms with van der Waals surface area (Å²) in [5.74, 6) is -0.344. The van der Waals surface area contributed by atoms with E-state index in [1.165, 1.54) is 29.8 Å². The van der Waals surface area contributed by atoms with Crippen LogP contribution in [0, 0.1) is 12.7 Å². The largest absolute Gasteiger partial charge is 0.393 e. The van der Waals surface area contributed by atoms with Gasteiger partial charge in [-0.3, -0.25) is 9.36 Å². The van der Waals surface area contributed by atoms with Crippen LogP contribution in [0.2, 0.25) is 0 Å². The van der Waals surface area contributed by atoms with E-state index in [4.69, 9.17) is 0 Å². The summed E-state index contributed by atoms with van der Waals surface area (Å²) in [7, 11) is 1.54. The first kappa shape index (κ1) is 23.2. The third-order valence-electron chi connectivity index (χ3n) is 6.25. The van der Waals surface area contributed by atoms with Crippen molar-refractivity contribution in [3.63, 3.8) is 0 Å². The maximum Gasteiger partial charge on any atom is 0.266 e. The number of nitrogens with one attached hydrogen (secondary N) is 1. The van der Waals surface area contributed by atoms with Crippen LogP contribution in [0.25, 0.3) is 11.0 Å². The molecule has 4 rings (SSSR count). The van der Waals surface area contributed by atoms with Gasteiger partial charge < -0.3 is 15.5 Å². The second kappa shape index (κ2) is 8.75. The van der Waals surface area contributed by atoms with E-state index in [0.717, 1.165) is 6.07 Å². The van der Waals surface area contributed by atoms with Crippen LogP contribution in [-0.4, -0.2) is 30.9 Å². The summed E-state index contributed by atoms with van der Waals surface area (Å²) in [5, 5.41) is 24.4. The fourth-order valence-electron chi connectivity index (χ4n) is 4.34. The third-order valence-corrected chi connectivity index (χ3v) is 6.25. The number of halogens is 3. The lowest BCUT2D eigenvalue weighted by atomic mass is 9.79. The van der Waals surface area contributed by atoms with Crippen LogP contribution in [0.3, 0.4) is 0 Å². The summed E-state index contributed by atoms with van der Waals surface area (Å²) < 4.78 is 41.9. The molecule has 3 aromatic rings. The minimum atomic E-state index is -2.93. The third kappa shape index (κ3) is 4.32. The molecular formula is C23H25F3N4O3. The van der Waals surface area contributed by atoms with Gasteiger partial charge in [-0.05, 0) is 38.7 Å². The first-order valence-electron chi connectivity index (χ1n) is 10.7. The van der Waals surface area contributed by atoms with Crippen molar-refractivity contribution >= 4 is 16.9 Å². The molecule has 0 bridgehead atoms. The molecular weight excluding hydrogens is 437 g/mol. The molecule has 1 saturated carbocycles. The van der Waals surface area contributed by atoms with Crippen molar-refractivity contribution in [2.24, 2.45) is 7.05 Å². The Balaban J connectivity index is 1.77. The highest BCUT2D eigenvalue weighted by molar-refractivity contribution is 5.87. The Hall–Kier alpha value is -2.98. The van der Waals surface area contributed by atoms with Crippen molar-refractivity contribution in [2.45, 2.75) is 57.3 Å². The average Bonchev–Trinajstić information content (AvgIpc) is 2.77. The lowest BCUT2D eigenvalue weighted by Gasteiger charge is -2.34. The first-order chi connectivity index (χ1) is 15.6. The van der Waals surface area contributed by atoms with E-state index in [9.17, 15) is 28.2 Å². The Kier molecular flexibility index (Phi) is 6.15. The van der Waals surface area contributed by atoms with Crippen molar-refractivity contribution in [3.8, 4) is 0 Å². The summed E-state index contributed by atoms with van der Waals surface area (Å²) in [6.07, 6.45) is -2.25. The van der Waals surface area contributed by atoms with Gasteiger partial charge in [-0.25, -0.2) is 23.1 Å². The SMILES string of the molecule is Cc1nc(NCc2cccc(C(F)F)c2F)c2cc(C3(O)CCC(O)CC3)c(=O)n(C)c2n1. The van der Waals surface area contributed by atoms with E-state index in [2.05, 4.69) is 15.3 Å². The van der Waals surface area contributed by atoms with Crippen LogP contribution in [0.5, 0.6) is 0 Å². The normalized spacial score (nSPS) is 21.0. The molecule has 2 aromatic heterocycles. The number of aryl methyl sites for hydroxylation is 2. The van der Waals surface area contributed by atoms with Gasteiger partial charge in [0, 0.05) is 24.7 Å². The van der Waals surface area contributed by atoms with E-state index in [1.807, 2.05) is 0 Å². The number of hydrogen-bond acceptors (Lipinski definition) is 6. The number of rotatable bonds is 5. The zero-order chi connectivity index (χ0) is 23.9. The van der Waals surface area contributed by atoms with Crippen molar-refractivity contribution in [3.05, 3.63) is 63.0 Å². The second-order valence-corrected chi connectivity index (χ2v) is 8.52. The Morgan fingerprint density at radius 3 is 2.64 bits per heavy atom. The van der Waals surface area contributed by atoms with E-state index in [1.54, 1.807) is 6.92 Å². The van der Waals surface area contributed by atoms with Crippen molar-refractivity contribution in [2.75, 3.05) is 5.32 Å². The topological polar surface area (TPSA) is 100 Å². The summed E-state index contributed by atoms with van der Waals surface area (Å²) in [5.41, 5.74) is -1.94. The number of fused-ring (bicyclic) bond motifs is 1. The van der Waals surface area contributed by atoms with Gasteiger partial charge in [-0.2, -0.15) is 0 Å². The van der Waals surface area contributed by atoms with E-state index in [-0.39, 0.29) is 36.3 Å². The Morgan fingerprint density at radius 2 is 1.97 bits per heavy atom. The molecule has 0 saturated heterocycles. The second-order valence-electron chi connectivity index (χ2n) is 8.52.